The molecule has 1 saturated heterocycles. The fourth-order valence-electron chi connectivity index (χ4n) is 3.37. The van der Waals surface area contributed by atoms with Gasteiger partial charge in [0.25, 0.3) is 0 Å². The predicted octanol–water partition coefficient (Wildman–Crippen LogP) is 4.23. The molecule has 1 aliphatic heterocycles. The molecule has 0 saturated carbocycles. The molecule has 0 radical (unpaired) electrons. The molecule has 0 spiro atoms. The average Bonchev–Trinajstić information content (AvgIpc) is 3.18. The minimum Gasteiger partial charge on any atom is -0.379 e. The van der Waals surface area contributed by atoms with Crippen LogP contribution in [0.5, 0.6) is 0 Å². The summed E-state index contributed by atoms with van der Waals surface area (Å²) in [6.45, 7) is 7.70. The third-order valence-electron chi connectivity index (χ3n) is 4.85. The van der Waals surface area contributed by atoms with Gasteiger partial charge in [-0.15, -0.1) is 11.3 Å². The van der Waals surface area contributed by atoms with E-state index < -0.39 is 0 Å². The molecular formula is C20H21ClN2O2S. The maximum atomic E-state index is 12.8. The Morgan fingerprint density at radius 3 is 2.62 bits per heavy atom. The summed E-state index contributed by atoms with van der Waals surface area (Å²) < 4.78 is 7.75. The number of halogens is 1. The predicted molar refractivity (Wildman–Crippen MR) is 107 cm³/mol. The van der Waals surface area contributed by atoms with Crippen LogP contribution in [0.3, 0.4) is 0 Å². The van der Waals surface area contributed by atoms with Gasteiger partial charge in [0.2, 0.25) is 5.78 Å². The van der Waals surface area contributed by atoms with Gasteiger partial charge in [0.05, 0.1) is 18.1 Å². The second-order valence-electron chi connectivity index (χ2n) is 6.60. The number of aromatic nitrogens is 1. The normalized spacial score (nSPS) is 15.6. The highest BCUT2D eigenvalue weighted by Gasteiger charge is 2.17. The van der Waals surface area contributed by atoms with Crippen LogP contribution in [0, 0.1) is 6.92 Å². The molecule has 0 amide bonds. The van der Waals surface area contributed by atoms with Crippen LogP contribution in [0.25, 0.3) is 10.2 Å². The van der Waals surface area contributed by atoms with Crippen LogP contribution in [0.15, 0.2) is 36.4 Å². The molecule has 1 aliphatic rings. The molecule has 26 heavy (non-hydrogen) atoms. The Kier molecular flexibility index (Phi) is 5.14. The van der Waals surface area contributed by atoms with Gasteiger partial charge in [-0.05, 0) is 43.3 Å². The number of benzene rings is 1. The van der Waals surface area contributed by atoms with E-state index in [2.05, 4.69) is 22.5 Å². The van der Waals surface area contributed by atoms with Gasteiger partial charge in [-0.25, -0.2) is 0 Å². The van der Waals surface area contributed by atoms with Crippen LogP contribution >= 0.6 is 22.9 Å². The monoisotopic (exact) mass is 388 g/mol. The minimum absolute atomic E-state index is 0.0558. The molecule has 1 aromatic carbocycles. The van der Waals surface area contributed by atoms with E-state index in [4.69, 9.17) is 16.3 Å². The van der Waals surface area contributed by atoms with E-state index in [0.29, 0.717) is 10.6 Å². The molecule has 136 valence electrons. The van der Waals surface area contributed by atoms with Crippen LogP contribution in [-0.4, -0.2) is 48.1 Å². The number of nitrogens with zero attached hydrogens (tertiary/aromatic N) is 2. The summed E-state index contributed by atoms with van der Waals surface area (Å²) in [5.74, 6) is 0.0558. The summed E-state index contributed by atoms with van der Waals surface area (Å²) in [7, 11) is 0. The quantitative estimate of drug-likeness (QED) is 0.613. The smallest absolute Gasteiger partial charge is 0.203 e. The van der Waals surface area contributed by atoms with E-state index in [9.17, 15) is 4.79 Å². The lowest BCUT2D eigenvalue weighted by molar-refractivity contribution is 0.0365. The Hall–Kier alpha value is -1.66. The molecule has 0 atom stereocenters. The van der Waals surface area contributed by atoms with Crippen LogP contribution < -0.4 is 0 Å². The van der Waals surface area contributed by atoms with Gasteiger partial charge in [0.1, 0.15) is 4.83 Å². The summed E-state index contributed by atoms with van der Waals surface area (Å²) in [5, 5.41) is 1.79. The van der Waals surface area contributed by atoms with Gasteiger partial charge < -0.3 is 9.30 Å². The largest absolute Gasteiger partial charge is 0.379 e. The van der Waals surface area contributed by atoms with E-state index >= 15 is 0 Å². The summed E-state index contributed by atoms with van der Waals surface area (Å²) in [5.41, 5.74) is 1.92. The standard InChI is InChI=1S/C20H21ClN2O2S/c1-14-12-16-13-18(19(24)15-2-4-17(21)5-3-15)26-20(16)23(14)7-6-22-8-10-25-11-9-22/h2-5,12-13H,6-11H2,1H3. The lowest BCUT2D eigenvalue weighted by Gasteiger charge is -2.26. The minimum atomic E-state index is 0.0558. The van der Waals surface area contributed by atoms with Crippen molar-refractivity contribution < 1.29 is 9.53 Å². The first-order chi connectivity index (χ1) is 12.6. The molecule has 4 rings (SSSR count). The van der Waals surface area contributed by atoms with E-state index in [1.807, 2.05) is 6.07 Å². The van der Waals surface area contributed by atoms with Crippen LogP contribution in [0.2, 0.25) is 5.02 Å². The maximum Gasteiger partial charge on any atom is 0.203 e. The highest BCUT2D eigenvalue weighted by molar-refractivity contribution is 7.20. The average molecular weight is 389 g/mol. The van der Waals surface area contributed by atoms with Crippen molar-refractivity contribution in [1.29, 1.82) is 0 Å². The van der Waals surface area contributed by atoms with Crippen molar-refractivity contribution in [1.82, 2.24) is 9.47 Å². The van der Waals surface area contributed by atoms with Crippen molar-refractivity contribution in [3.63, 3.8) is 0 Å². The van der Waals surface area contributed by atoms with Crippen molar-refractivity contribution in [2.45, 2.75) is 13.5 Å². The first-order valence-corrected chi connectivity index (χ1v) is 10.0. The fraction of sp³-hybridized carbons (Fsp3) is 0.350. The second kappa shape index (κ2) is 7.53. The number of carbonyl (C=O) groups is 1. The molecule has 0 aliphatic carbocycles. The third-order valence-corrected chi connectivity index (χ3v) is 6.27. The Labute approximate surface area is 161 Å². The molecule has 3 heterocycles. The number of ketones is 1. The molecule has 0 unspecified atom stereocenters. The maximum absolute atomic E-state index is 12.8. The second-order valence-corrected chi connectivity index (χ2v) is 8.07. The Balaban J connectivity index is 1.56. The molecule has 1 fully saturated rings. The molecule has 3 aromatic rings. The Morgan fingerprint density at radius 1 is 1.15 bits per heavy atom. The van der Waals surface area contributed by atoms with E-state index in [-0.39, 0.29) is 5.78 Å². The van der Waals surface area contributed by atoms with E-state index in [1.165, 1.54) is 10.5 Å². The number of ether oxygens (including phenoxy) is 1. The highest BCUT2D eigenvalue weighted by atomic mass is 35.5. The van der Waals surface area contributed by atoms with Crippen molar-refractivity contribution in [2.24, 2.45) is 0 Å². The van der Waals surface area contributed by atoms with Gasteiger partial charge in [-0.3, -0.25) is 9.69 Å². The Bertz CT molecular complexity index is 923. The number of carbonyl (C=O) groups excluding carboxylic acids is 1. The molecule has 2 aromatic heterocycles. The summed E-state index contributed by atoms with van der Waals surface area (Å²) in [6.07, 6.45) is 0. The van der Waals surface area contributed by atoms with Gasteiger partial charge in [0, 0.05) is 47.8 Å². The number of morpholine rings is 1. The molecule has 6 heteroatoms. The highest BCUT2D eigenvalue weighted by Crippen LogP contribution is 2.30. The lowest BCUT2D eigenvalue weighted by Crippen LogP contribution is -2.38. The third kappa shape index (κ3) is 3.58. The van der Waals surface area contributed by atoms with Gasteiger partial charge in [-0.1, -0.05) is 11.6 Å². The molecule has 0 N–H and O–H groups in total. The summed E-state index contributed by atoms with van der Waals surface area (Å²) >= 11 is 7.50. The molecule has 0 bridgehead atoms. The van der Waals surface area contributed by atoms with Crippen LogP contribution in [-0.2, 0) is 11.3 Å². The van der Waals surface area contributed by atoms with Gasteiger partial charge >= 0.3 is 0 Å². The molecular weight excluding hydrogens is 368 g/mol. The SMILES string of the molecule is Cc1cc2cc(C(=O)c3ccc(Cl)cc3)sc2n1CCN1CCOCC1. The number of rotatable bonds is 5. The number of aryl methyl sites for hydroxylation is 1. The zero-order valence-corrected chi connectivity index (χ0v) is 16.3. The van der Waals surface area contributed by atoms with Crippen molar-refractivity contribution in [3.8, 4) is 0 Å². The van der Waals surface area contributed by atoms with Crippen molar-refractivity contribution >= 4 is 38.9 Å². The summed E-state index contributed by atoms with van der Waals surface area (Å²) in [6, 6.07) is 11.3. The van der Waals surface area contributed by atoms with Crippen molar-refractivity contribution in [3.05, 3.63) is 57.6 Å². The first-order valence-electron chi connectivity index (χ1n) is 8.82. The van der Waals surface area contributed by atoms with Crippen LogP contribution in [0.4, 0.5) is 0 Å². The topological polar surface area (TPSA) is 34.5 Å². The van der Waals surface area contributed by atoms with Gasteiger partial charge in [-0.2, -0.15) is 0 Å². The zero-order chi connectivity index (χ0) is 18.1. The molecule has 4 nitrogen and oxygen atoms in total. The number of thiophene rings is 1. The van der Waals surface area contributed by atoms with Gasteiger partial charge in [0.15, 0.2) is 0 Å². The lowest BCUT2D eigenvalue weighted by atomic mass is 10.1. The number of hydrogen-bond acceptors (Lipinski definition) is 4. The van der Waals surface area contributed by atoms with Crippen molar-refractivity contribution in [2.75, 3.05) is 32.8 Å². The summed E-state index contributed by atoms with van der Waals surface area (Å²) in [4.78, 5) is 17.1. The van der Waals surface area contributed by atoms with E-state index in [1.54, 1.807) is 35.6 Å². The number of hydrogen-bond donors (Lipinski definition) is 0. The Morgan fingerprint density at radius 2 is 1.88 bits per heavy atom. The number of fused-ring (bicyclic) bond motifs is 1. The first kappa shape index (κ1) is 17.7. The van der Waals surface area contributed by atoms with E-state index in [0.717, 1.165) is 49.7 Å². The fourth-order valence-corrected chi connectivity index (χ4v) is 4.68. The zero-order valence-electron chi connectivity index (χ0n) is 14.7. The van der Waals surface area contributed by atoms with Crippen LogP contribution in [0.1, 0.15) is 20.9 Å².